The van der Waals surface area contributed by atoms with E-state index in [-0.39, 0.29) is 0 Å². The van der Waals surface area contributed by atoms with Crippen LogP contribution in [0.2, 0.25) is 0 Å². The molecule has 4 nitrogen and oxygen atoms in total. The van der Waals surface area contributed by atoms with Crippen molar-refractivity contribution in [1.82, 2.24) is 0 Å². The third-order valence-corrected chi connectivity index (χ3v) is 3.17. The van der Waals surface area contributed by atoms with Gasteiger partial charge in [-0.2, -0.15) is 5.26 Å². The third-order valence-electron chi connectivity index (χ3n) is 3.17. The van der Waals surface area contributed by atoms with E-state index in [4.69, 9.17) is 15.7 Å². The molecule has 0 aromatic heterocycles. The molecule has 1 atom stereocenters. The van der Waals surface area contributed by atoms with Gasteiger partial charge in [-0.05, 0) is 30.2 Å². The Labute approximate surface area is 124 Å². The lowest BCUT2D eigenvalue weighted by Crippen LogP contribution is -2.10. The zero-order valence-electron chi connectivity index (χ0n) is 11.9. The molecule has 0 heterocycles. The maximum atomic E-state index is 9.54. The molecule has 108 valence electrons. The second-order valence-electron chi connectivity index (χ2n) is 4.94. The van der Waals surface area contributed by atoms with Crippen molar-refractivity contribution in [2.75, 3.05) is 5.73 Å². The molecular formula is C17H18N2O2. The summed E-state index contributed by atoms with van der Waals surface area (Å²) in [7, 11) is 0. The van der Waals surface area contributed by atoms with Gasteiger partial charge < -0.3 is 15.6 Å². The van der Waals surface area contributed by atoms with Crippen LogP contribution in [-0.2, 0) is 13.0 Å². The van der Waals surface area contributed by atoms with Gasteiger partial charge in [-0.25, -0.2) is 0 Å². The second kappa shape index (κ2) is 6.78. The number of aliphatic hydroxyl groups is 1. The number of aliphatic hydroxyl groups excluding tert-OH is 1. The highest BCUT2D eigenvalue weighted by Gasteiger charge is 2.14. The number of nitrogens with zero attached hydrogens (tertiary/aromatic N) is 1. The first-order valence-electron chi connectivity index (χ1n) is 6.78. The van der Waals surface area contributed by atoms with Crippen LogP contribution in [0, 0.1) is 11.3 Å². The van der Waals surface area contributed by atoms with Crippen molar-refractivity contribution in [3.63, 3.8) is 0 Å². The van der Waals surface area contributed by atoms with Crippen LogP contribution in [0.3, 0.4) is 0 Å². The molecule has 0 aliphatic rings. The van der Waals surface area contributed by atoms with Crippen LogP contribution in [-0.4, -0.2) is 11.2 Å². The Morgan fingerprint density at radius 1 is 1.24 bits per heavy atom. The van der Waals surface area contributed by atoms with Gasteiger partial charge in [0.2, 0.25) is 0 Å². The molecule has 0 bridgehead atoms. The average molecular weight is 282 g/mol. The highest BCUT2D eigenvalue weighted by Crippen LogP contribution is 2.30. The molecule has 0 spiro atoms. The van der Waals surface area contributed by atoms with E-state index >= 15 is 0 Å². The zero-order valence-corrected chi connectivity index (χ0v) is 11.9. The van der Waals surface area contributed by atoms with E-state index < -0.39 is 6.10 Å². The van der Waals surface area contributed by atoms with Crippen LogP contribution in [0.1, 0.15) is 23.6 Å². The maximum absolute atomic E-state index is 9.54. The van der Waals surface area contributed by atoms with E-state index in [0.717, 1.165) is 5.56 Å². The van der Waals surface area contributed by atoms with E-state index in [0.29, 0.717) is 35.6 Å². The fourth-order valence-electron chi connectivity index (χ4n) is 2.12. The number of hydrogen-bond donors (Lipinski definition) is 2. The Kier molecular flexibility index (Phi) is 4.81. The Bertz CT molecular complexity index is 646. The predicted molar refractivity (Wildman–Crippen MR) is 81.7 cm³/mol. The molecule has 0 aliphatic carbocycles. The van der Waals surface area contributed by atoms with E-state index in [1.165, 1.54) is 0 Å². The number of benzene rings is 2. The van der Waals surface area contributed by atoms with Gasteiger partial charge in [0.1, 0.15) is 12.4 Å². The fourth-order valence-corrected chi connectivity index (χ4v) is 2.12. The van der Waals surface area contributed by atoms with Crippen molar-refractivity contribution in [1.29, 1.82) is 5.26 Å². The molecule has 2 aromatic rings. The summed E-state index contributed by atoms with van der Waals surface area (Å²) in [5.41, 5.74) is 8.66. The lowest BCUT2D eigenvalue weighted by atomic mass is 10.00. The van der Waals surface area contributed by atoms with Crippen molar-refractivity contribution in [2.24, 2.45) is 0 Å². The first-order valence-corrected chi connectivity index (χ1v) is 6.78. The fraction of sp³-hybridized carbons (Fsp3) is 0.235. The topological polar surface area (TPSA) is 79.3 Å². The molecule has 0 unspecified atom stereocenters. The smallest absolute Gasteiger partial charge is 0.143 e. The maximum Gasteiger partial charge on any atom is 0.143 e. The minimum Gasteiger partial charge on any atom is -0.487 e. The van der Waals surface area contributed by atoms with Crippen LogP contribution >= 0.6 is 0 Å². The molecule has 0 fully saturated rings. The number of nitrogens with two attached hydrogens (primary N) is 1. The lowest BCUT2D eigenvalue weighted by Gasteiger charge is -2.15. The molecular weight excluding hydrogens is 264 g/mol. The molecule has 3 N–H and O–H groups in total. The Morgan fingerprint density at radius 3 is 2.57 bits per heavy atom. The minimum atomic E-state index is -0.566. The van der Waals surface area contributed by atoms with Crippen molar-refractivity contribution in [3.8, 4) is 11.8 Å². The lowest BCUT2D eigenvalue weighted by molar-refractivity contribution is 0.195. The van der Waals surface area contributed by atoms with Gasteiger partial charge in [-0.1, -0.05) is 30.3 Å². The molecule has 2 aromatic carbocycles. The largest absolute Gasteiger partial charge is 0.487 e. The Morgan fingerprint density at radius 2 is 1.95 bits per heavy atom. The summed E-state index contributed by atoms with van der Waals surface area (Å²) in [6.45, 7) is 2.07. The van der Waals surface area contributed by atoms with E-state index in [1.807, 2.05) is 30.3 Å². The van der Waals surface area contributed by atoms with Crippen molar-refractivity contribution in [2.45, 2.75) is 26.1 Å². The third kappa shape index (κ3) is 3.74. The molecule has 21 heavy (non-hydrogen) atoms. The van der Waals surface area contributed by atoms with Crippen LogP contribution in [0.4, 0.5) is 5.69 Å². The number of nitrogen functional groups attached to an aromatic ring is 1. The van der Waals surface area contributed by atoms with E-state index in [9.17, 15) is 5.11 Å². The summed E-state index contributed by atoms with van der Waals surface area (Å²) in [6.07, 6.45) is -0.235. The minimum absolute atomic E-state index is 0.331. The molecule has 4 heteroatoms. The van der Waals surface area contributed by atoms with Crippen LogP contribution in [0.25, 0.3) is 0 Å². The number of ether oxygens (including phenoxy) is 1. The monoisotopic (exact) mass is 282 g/mol. The van der Waals surface area contributed by atoms with Gasteiger partial charge in [0.05, 0.1) is 23.4 Å². The number of anilines is 1. The molecule has 0 saturated heterocycles. The quantitative estimate of drug-likeness (QED) is 0.826. The summed E-state index contributed by atoms with van der Waals surface area (Å²) in [6, 6.07) is 15.2. The van der Waals surface area contributed by atoms with Crippen molar-refractivity contribution in [3.05, 3.63) is 59.2 Å². The van der Waals surface area contributed by atoms with E-state index in [2.05, 4.69) is 6.07 Å². The van der Waals surface area contributed by atoms with Crippen LogP contribution in [0.15, 0.2) is 42.5 Å². The summed E-state index contributed by atoms with van der Waals surface area (Å²) in [4.78, 5) is 0. The van der Waals surface area contributed by atoms with Crippen molar-refractivity contribution >= 4 is 5.69 Å². The standard InChI is InChI=1S/C17H18N2O2/c1-12(20)9-15-14(10-18)7-8-16(17(15)19)21-11-13-5-3-2-4-6-13/h2-8,12,20H,9,11,19H2,1H3/t12-/m0/s1. The van der Waals surface area contributed by atoms with Crippen LogP contribution < -0.4 is 10.5 Å². The van der Waals surface area contributed by atoms with Gasteiger partial charge in [0.15, 0.2) is 0 Å². The Hall–Kier alpha value is -2.51. The normalized spacial score (nSPS) is 11.7. The summed E-state index contributed by atoms with van der Waals surface area (Å²) >= 11 is 0. The summed E-state index contributed by atoms with van der Waals surface area (Å²) in [5.74, 6) is 0.536. The molecule has 2 rings (SSSR count). The molecule has 0 radical (unpaired) electrons. The van der Waals surface area contributed by atoms with Crippen LogP contribution in [0.5, 0.6) is 5.75 Å². The predicted octanol–water partition coefficient (Wildman–Crippen LogP) is 2.64. The van der Waals surface area contributed by atoms with Gasteiger partial charge in [-0.15, -0.1) is 0 Å². The molecule has 0 amide bonds. The number of rotatable bonds is 5. The van der Waals surface area contributed by atoms with Gasteiger partial charge in [-0.3, -0.25) is 0 Å². The highest BCUT2D eigenvalue weighted by molar-refractivity contribution is 5.64. The second-order valence-corrected chi connectivity index (χ2v) is 4.94. The SMILES string of the molecule is C[C@H](O)Cc1c(C#N)ccc(OCc2ccccc2)c1N. The van der Waals surface area contributed by atoms with Gasteiger partial charge >= 0.3 is 0 Å². The zero-order chi connectivity index (χ0) is 15.2. The average Bonchev–Trinajstić information content (AvgIpc) is 2.49. The first kappa shape index (κ1) is 14.9. The summed E-state index contributed by atoms with van der Waals surface area (Å²) < 4.78 is 5.73. The van der Waals surface area contributed by atoms with E-state index in [1.54, 1.807) is 19.1 Å². The van der Waals surface area contributed by atoms with Crippen molar-refractivity contribution < 1.29 is 9.84 Å². The Balaban J connectivity index is 2.22. The number of hydrogen-bond acceptors (Lipinski definition) is 4. The summed E-state index contributed by atoms with van der Waals surface area (Å²) in [5, 5.41) is 18.7. The number of nitriles is 1. The van der Waals surface area contributed by atoms with Gasteiger partial charge in [0, 0.05) is 6.42 Å². The molecule has 0 saturated carbocycles. The molecule has 0 aliphatic heterocycles. The highest BCUT2D eigenvalue weighted by atomic mass is 16.5. The van der Waals surface area contributed by atoms with Gasteiger partial charge in [0.25, 0.3) is 0 Å². The first-order chi connectivity index (χ1) is 10.1.